The minimum Gasteiger partial charge on any atom is -0.296 e. The van der Waals surface area contributed by atoms with E-state index in [1.165, 1.54) is 0 Å². The molecule has 0 radical (unpaired) electrons. The van der Waals surface area contributed by atoms with Crippen molar-refractivity contribution in [3.63, 3.8) is 0 Å². The number of carbonyl (C=O) groups excluding carboxylic acids is 1. The third kappa shape index (κ3) is 4.33. The van der Waals surface area contributed by atoms with Crippen LogP contribution in [0.5, 0.6) is 0 Å². The highest BCUT2D eigenvalue weighted by Crippen LogP contribution is 2.13. The van der Waals surface area contributed by atoms with Crippen LogP contribution >= 0.6 is 11.6 Å². The van der Waals surface area contributed by atoms with E-state index < -0.39 is 6.09 Å². The van der Waals surface area contributed by atoms with Crippen LogP contribution in [0.25, 0.3) is 0 Å². The number of hydrogen-bond acceptors (Lipinski definition) is 3. The highest BCUT2D eigenvalue weighted by molar-refractivity contribution is 6.69. The second-order valence-corrected chi connectivity index (χ2v) is 4.92. The number of para-hydroxylation sites is 1. The van der Waals surface area contributed by atoms with Crippen LogP contribution in [0.4, 0.5) is 10.5 Å². The van der Waals surface area contributed by atoms with Gasteiger partial charge in [-0.05, 0) is 25.5 Å². The van der Waals surface area contributed by atoms with Gasteiger partial charge in [0.05, 0.1) is 0 Å². The Morgan fingerprint density at radius 1 is 1.10 bits per heavy atom. The first-order chi connectivity index (χ1) is 10.1. The predicted octanol–water partition coefficient (Wildman–Crippen LogP) is 4.45. The lowest BCUT2D eigenvalue weighted by atomic mass is 10.2. The number of nitrogens with zero attached hydrogens (tertiary/aromatic N) is 1. The summed E-state index contributed by atoms with van der Waals surface area (Å²) in [5, 5.41) is 6.34. The number of rotatable bonds is 3. The Kier molecular flexibility index (Phi) is 4.95. The molecule has 0 bridgehead atoms. The zero-order chi connectivity index (χ0) is 15.2. The van der Waals surface area contributed by atoms with E-state index in [1.807, 2.05) is 56.3 Å². The second-order valence-electron chi connectivity index (χ2n) is 4.57. The highest BCUT2D eigenvalue weighted by atomic mass is 35.5. The molecule has 0 aliphatic heterocycles. The minimum absolute atomic E-state index is 0.120. The largest absolute Gasteiger partial charge is 0.437 e. The normalized spacial score (nSPS) is 11.1. The van der Waals surface area contributed by atoms with Gasteiger partial charge in [-0.3, -0.25) is 10.2 Å². The molecular formula is C16H15ClN2O2. The Hall–Kier alpha value is -2.33. The average molecular weight is 303 g/mol. The van der Waals surface area contributed by atoms with Crippen LogP contribution in [0.15, 0.2) is 53.7 Å². The molecule has 5 heteroatoms. The molecule has 2 rings (SSSR count). The molecule has 0 aliphatic rings. The molecule has 4 nitrogen and oxygen atoms in total. The first-order valence-electron chi connectivity index (χ1n) is 6.40. The average Bonchev–Trinajstić information content (AvgIpc) is 2.48. The Morgan fingerprint density at radius 3 is 2.43 bits per heavy atom. The molecule has 2 aromatic carbocycles. The fourth-order valence-corrected chi connectivity index (χ4v) is 1.83. The standard InChI is InChI=1S/C16H15ClN2O2/c1-11-7-9-13(10-8-11)15(17)19-21-16(20)18-14-6-4-3-5-12(14)2/h3-10H,1-2H3,(H,18,20)/b19-15-. The lowest BCUT2D eigenvalue weighted by molar-refractivity contribution is 0.167. The van der Waals surface area contributed by atoms with Gasteiger partial charge in [-0.1, -0.05) is 64.8 Å². The maximum absolute atomic E-state index is 11.7. The van der Waals surface area contributed by atoms with Crippen LogP contribution in [-0.4, -0.2) is 11.3 Å². The van der Waals surface area contributed by atoms with Gasteiger partial charge in [-0.15, -0.1) is 0 Å². The molecule has 0 heterocycles. The summed E-state index contributed by atoms with van der Waals surface area (Å²) in [5.41, 5.74) is 3.40. The van der Waals surface area contributed by atoms with Gasteiger partial charge >= 0.3 is 6.09 Å². The zero-order valence-electron chi connectivity index (χ0n) is 11.8. The third-order valence-electron chi connectivity index (χ3n) is 2.88. The van der Waals surface area contributed by atoms with E-state index >= 15 is 0 Å². The summed E-state index contributed by atoms with van der Waals surface area (Å²) in [4.78, 5) is 16.4. The molecule has 0 aliphatic carbocycles. The van der Waals surface area contributed by atoms with Crippen molar-refractivity contribution < 1.29 is 9.63 Å². The third-order valence-corrected chi connectivity index (χ3v) is 3.17. The van der Waals surface area contributed by atoms with Crippen molar-refractivity contribution in [1.29, 1.82) is 0 Å². The molecule has 1 amide bonds. The molecule has 0 unspecified atom stereocenters. The molecule has 0 spiro atoms. The van der Waals surface area contributed by atoms with Gasteiger partial charge in [0.25, 0.3) is 0 Å². The van der Waals surface area contributed by atoms with Crippen molar-refractivity contribution in [3.8, 4) is 0 Å². The summed E-state index contributed by atoms with van der Waals surface area (Å²) < 4.78 is 0. The fourth-order valence-electron chi connectivity index (χ4n) is 1.67. The smallest absolute Gasteiger partial charge is 0.296 e. The van der Waals surface area contributed by atoms with Crippen molar-refractivity contribution in [2.24, 2.45) is 5.16 Å². The van der Waals surface area contributed by atoms with E-state index in [9.17, 15) is 4.79 Å². The first kappa shape index (κ1) is 15.1. The monoisotopic (exact) mass is 302 g/mol. The second kappa shape index (κ2) is 6.90. The molecule has 21 heavy (non-hydrogen) atoms. The van der Waals surface area contributed by atoms with E-state index in [1.54, 1.807) is 6.07 Å². The molecule has 0 saturated heterocycles. The van der Waals surface area contributed by atoms with E-state index in [0.717, 1.165) is 11.1 Å². The number of aryl methyl sites for hydroxylation is 2. The summed E-state index contributed by atoms with van der Waals surface area (Å²) in [5.74, 6) is 0. The summed E-state index contributed by atoms with van der Waals surface area (Å²) in [6.45, 7) is 3.86. The van der Waals surface area contributed by atoms with Crippen LogP contribution in [-0.2, 0) is 4.84 Å². The van der Waals surface area contributed by atoms with E-state index in [4.69, 9.17) is 16.4 Å². The zero-order valence-corrected chi connectivity index (χ0v) is 12.5. The van der Waals surface area contributed by atoms with Crippen LogP contribution < -0.4 is 5.32 Å². The Labute approximate surface area is 128 Å². The lowest BCUT2D eigenvalue weighted by Gasteiger charge is -2.06. The summed E-state index contributed by atoms with van der Waals surface area (Å²) in [7, 11) is 0. The fraction of sp³-hybridized carbons (Fsp3) is 0.125. The van der Waals surface area contributed by atoms with Gasteiger partial charge in [0, 0.05) is 11.3 Å². The minimum atomic E-state index is -0.686. The van der Waals surface area contributed by atoms with E-state index in [2.05, 4.69) is 10.5 Å². The molecular weight excluding hydrogens is 288 g/mol. The summed E-state index contributed by atoms with van der Waals surface area (Å²) >= 11 is 5.98. The van der Waals surface area contributed by atoms with Crippen LogP contribution in [0, 0.1) is 13.8 Å². The molecule has 0 saturated carbocycles. The first-order valence-corrected chi connectivity index (χ1v) is 6.78. The summed E-state index contributed by atoms with van der Waals surface area (Å²) in [6, 6.07) is 14.8. The lowest BCUT2D eigenvalue weighted by Crippen LogP contribution is -2.12. The molecule has 1 N–H and O–H groups in total. The SMILES string of the molecule is Cc1ccc(/C(Cl)=N/OC(=O)Nc2ccccc2C)cc1. The van der Waals surface area contributed by atoms with Crippen LogP contribution in [0.1, 0.15) is 16.7 Å². The Morgan fingerprint density at radius 2 is 1.76 bits per heavy atom. The maximum Gasteiger partial charge on any atom is 0.437 e. The Balaban J connectivity index is 1.98. The predicted molar refractivity (Wildman–Crippen MR) is 84.9 cm³/mol. The van der Waals surface area contributed by atoms with Gasteiger partial charge in [-0.25, -0.2) is 4.79 Å². The van der Waals surface area contributed by atoms with Gasteiger partial charge in [0.15, 0.2) is 5.17 Å². The molecule has 0 fully saturated rings. The highest BCUT2D eigenvalue weighted by Gasteiger charge is 2.06. The number of nitrogens with one attached hydrogen (secondary N) is 1. The van der Waals surface area contributed by atoms with Crippen molar-refractivity contribution in [3.05, 3.63) is 65.2 Å². The van der Waals surface area contributed by atoms with Crippen molar-refractivity contribution in [2.75, 3.05) is 5.32 Å². The number of halogens is 1. The maximum atomic E-state index is 11.7. The number of oxime groups is 1. The number of benzene rings is 2. The molecule has 2 aromatic rings. The van der Waals surface area contributed by atoms with Crippen molar-refractivity contribution in [2.45, 2.75) is 13.8 Å². The van der Waals surface area contributed by atoms with Gasteiger partial charge in [-0.2, -0.15) is 0 Å². The number of carbonyl (C=O) groups is 1. The summed E-state index contributed by atoms with van der Waals surface area (Å²) in [6.07, 6.45) is -0.686. The van der Waals surface area contributed by atoms with Gasteiger partial charge in [0.1, 0.15) is 0 Å². The van der Waals surface area contributed by atoms with Crippen LogP contribution in [0.3, 0.4) is 0 Å². The molecule has 0 aromatic heterocycles. The molecule has 108 valence electrons. The van der Waals surface area contributed by atoms with Gasteiger partial charge in [0.2, 0.25) is 0 Å². The van der Waals surface area contributed by atoms with Gasteiger partial charge < -0.3 is 0 Å². The number of amides is 1. The Bertz CT molecular complexity index is 666. The van der Waals surface area contributed by atoms with Crippen LogP contribution in [0.2, 0.25) is 0 Å². The number of hydrogen-bond donors (Lipinski definition) is 1. The molecule has 0 atom stereocenters. The number of anilines is 1. The van der Waals surface area contributed by atoms with Crippen molar-refractivity contribution >= 4 is 28.6 Å². The van der Waals surface area contributed by atoms with E-state index in [0.29, 0.717) is 11.3 Å². The van der Waals surface area contributed by atoms with Crippen molar-refractivity contribution in [1.82, 2.24) is 0 Å². The topological polar surface area (TPSA) is 50.7 Å². The van der Waals surface area contributed by atoms with E-state index in [-0.39, 0.29) is 5.17 Å². The quantitative estimate of drug-likeness (QED) is 0.517.